The number of hydrogen-bond acceptors (Lipinski definition) is 6. The van der Waals surface area contributed by atoms with E-state index in [0.717, 1.165) is 42.9 Å². The molecule has 1 aliphatic rings. The van der Waals surface area contributed by atoms with Crippen LogP contribution in [0, 0.1) is 6.92 Å². The third-order valence-corrected chi connectivity index (χ3v) is 4.99. The van der Waals surface area contributed by atoms with E-state index in [0.29, 0.717) is 24.4 Å². The lowest BCUT2D eigenvalue weighted by Gasteiger charge is -2.26. The monoisotopic (exact) mass is 385 g/mol. The zero-order valence-electron chi connectivity index (χ0n) is 16.4. The summed E-state index contributed by atoms with van der Waals surface area (Å²) >= 11 is 0. The fourth-order valence-corrected chi connectivity index (χ4v) is 3.45. The van der Waals surface area contributed by atoms with E-state index in [1.54, 1.807) is 12.1 Å². The topological polar surface area (TPSA) is 103 Å². The highest BCUT2D eigenvalue weighted by atomic mass is 16.3. The molecule has 0 unspecified atom stereocenters. The highest BCUT2D eigenvalue weighted by molar-refractivity contribution is 6.02. The van der Waals surface area contributed by atoms with E-state index in [2.05, 4.69) is 20.2 Å². The van der Waals surface area contributed by atoms with Crippen molar-refractivity contribution in [1.82, 2.24) is 19.8 Å². The summed E-state index contributed by atoms with van der Waals surface area (Å²) in [5, 5.41) is 14.1. The minimum Gasteiger partial charge on any atom is -0.493 e. The average Bonchev–Trinajstić information content (AvgIpc) is 2.68. The van der Waals surface area contributed by atoms with Gasteiger partial charge >= 0.3 is 5.69 Å². The Kier molecular flexibility index (Phi) is 6.43. The summed E-state index contributed by atoms with van der Waals surface area (Å²) in [6.07, 6.45) is 0.476. The first kappa shape index (κ1) is 20.0. The fourth-order valence-electron chi connectivity index (χ4n) is 3.45. The van der Waals surface area contributed by atoms with Crippen LogP contribution in [0.15, 0.2) is 38.8 Å². The van der Waals surface area contributed by atoms with Crippen LogP contribution in [-0.4, -0.2) is 64.5 Å². The van der Waals surface area contributed by atoms with Crippen LogP contribution in [0.3, 0.4) is 0 Å². The van der Waals surface area contributed by atoms with Crippen molar-refractivity contribution in [3.05, 3.63) is 56.2 Å². The highest BCUT2D eigenvalue weighted by Crippen LogP contribution is 2.20. The van der Waals surface area contributed by atoms with Gasteiger partial charge in [0.25, 0.3) is 5.56 Å². The fraction of sp³-hybridized carbons (Fsp3) is 0.450. The van der Waals surface area contributed by atoms with Gasteiger partial charge in [-0.2, -0.15) is 0 Å². The molecule has 0 aliphatic carbocycles. The average molecular weight is 385 g/mol. The van der Waals surface area contributed by atoms with Crippen molar-refractivity contribution in [2.75, 3.05) is 39.3 Å². The Morgan fingerprint density at radius 2 is 1.93 bits per heavy atom. The van der Waals surface area contributed by atoms with Crippen LogP contribution < -0.4 is 16.6 Å². The number of hydrogen-bond donors (Lipinski definition) is 3. The molecule has 2 aromatic rings. The van der Waals surface area contributed by atoms with Gasteiger partial charge in [-0.3, -0.25) is 19.7 Å². The van der Waals surface area contributed by atoms with Crippen molar-refractivity contribution in [3.63, 3.8) is 0 Å². The van der Waals surface area contributed by atoms with E-state index in [9.17, 15) is 14.7 Å². The van der Waals surface area contributed by atoms with E-state index in [4.69, 9.17) is 0 Å². The second-order valence-corrected chi connectivity index (χ2v) is 6.85. The molecule has 0 atom stereocenters. The smallest absolute Gasteiger partial charge is 0.335 e. The Bertz CT molecular complexity index is 971. The lowest BCUT2D eigenvalue weighted by Crippen LogP contribution is -2.44. The van der Waals surface area contributed by atoms with Crippen molar-refractivity contribution in [2.24, 2.45) is 4.99 Å². The van der Waals surface area contributed by atoms with Gasteiger partial charge in [0.2, 0.25) is 5.88 Å². The molecule has 2 heterocycles. The number of piperazine rings is 1. The summed E-state index contributed by atoms with van der Waals surface area (Å²) < 4.78 is 1.13. The summed E-state index contributed by atoms with van der Waals surface area (Å²) in [4.78, 5) is 34.1. The summed E-state index contributed by atoms with van der Waals surface area (Å²) in [5.41, 5.74) is 0.610. The van der Waals surface area contributed by atoms with Crippen LogP contribution in [0.1, 0.15) is 24.5 Å². The van der Waals surface area contributed by atoms with E-state index in [-0.39, 0.29) is 11.4 Å². The van der Waals surface area contributed by atoms with Gasteiger partial charge < -0.3 is 10.4 Å². The van der Waals surface area contributed by atoms with Gasteiger partial charge in [-0.15, -0.1) is 0 Å². The van der Waals surface area contributed by atoms with Crippen LogP contribution in [0.25, 0.3) is 5.69 Å². The second-order valence-electron chi connectivity index (χ2n) is 6.85. The normalized spacial score (nSPS) is 15.7. The first-order valence-corrected chi connectivity index (χ1v) is 9.64. The van der Waals surface area contributed by atoms with Crippen molar-refractivity contribution in [3.8, 4) is 11.6 Å². The number of rotatable bonds is 6. The molecule has 1 saturated heterocycles. The lowest BCUT2D eigenvalue weighted by molar-refractivity contribution is 0.247. The van der Waals surface area contributed by atoms with Crippen molar-refractivity contribution in [2.45, 2.75) is 20.3 Å². The Morgan fingerprint density at radius 3 is 2.61 bits per heavy atom. The van der Waals surface area contributed by atoms with E-state index >= 15 is 0 Å². The maximum absolute atomic E-state index is 12.5. The molecule has 1 aromatic heterocycles. The minimum atomic E-state index is -0.670. The highest BCUT2D eigenvalue weighted by Gasteiger charge is 2.20. The van der Waals surface area contributed by atoms with Crippen molar-refractivity contribution >= 4 is 5.71 Å². The molecule has 0 bridgehead atoms. The maximum atomic E-state index is 12.5. The van der Waals surface area contributed by atoms with Gasteiger partial charge in [0, 0.05) is 32.7 Å². The number of H-pyrrole nitrogens is 1. The molecule has 1 aromatic carbocycles. The summed E-state index contributed by atoms with van der Waals surface area (Å²) in [6, 6.07) is 7.20. The van der Waals surface area contributed by atoms with Crippen LogP contribution >= 0.6 is 0 Å². The third kappa shape index (κ3) is 4.23. The van der Waals surface area contributed by atoms with Crippen LogP contribution in [-0.2, 0) is 0 Å². The Balaban J connectivity index is 1.96. The molecule has 1 fully saturated rings. The molecular weight excluding hydrogens is 358 g/mol. The number of aliphatic imine (C=N–C) groups is 1. The standard InChI is InChI=1S/C20H27N5O3/c1-3-15(22-10-13-24-11-8-21-9-12-24)17-18(26)23-20(28)25(19(17)27)16-7-5-4-6-14(16)2/h4-7,21,27H,3,8-13H2,1-2H3,(H,23,26,28). The van der Waals surface area contributed by atoms with Gasteiger partial charge in [-0.25, -0.2) is 9.36 Å². The molecule has 0 amide bonds. The van der Waals surface area contributed by atoms with Gasteiger partial charge in [-0.1, -0.05) is 25.1 Å². The van der Waals surface area contributed by atoms with Crippen LogP contribution in [0.2, 0.25) is 0 Å². The first-order chi connectivity index (χ1) is 13.5. The van der Waals surface area contributed by atoms with Gasteiger partial charge in [0.05, 0.1) is 17.9 Å². The molecule has 3 N–H and O–H groups in total. The van der Waals surface area contributed by atoms with Crippen LogP contribution in [0.5, 0.6) is 5.88 Å². The summed E-state index contributed by atoms with van der Waals surface area (Å²) in [7, 11) is 0. The Morgan fingerprint density at radius 1 is 1.21 bits per heavy atom. The number of nitrogens with one attached hydrogen (secondary N) is 2. The zero-order valence-corrected chi connectivity index (χ0v) is 16.4. The molecule has 1 aliphatic heterocycles. The second kappa shape index (κ2) is 8.99. The van der Waals surface area contributed by atoms with E-state index in [1.165, 1.54) is 0 Å². The van der Waals surface area contributed by atoms with Gasteiger partial charge in [-0.05, 0) is 25.0 Å². The SMILES string of the molecule is CCC(=NCCN1CCNCC1)c1c(O)n(-c2ccccc2C)c(=O)[nH]c1=O. The molecule has 0 radical (unpaired) electrons. The predicted molar refractivity (Wildman–Crippen MR) is 110 cm³/mol. The Hall–Kier alpha value is -2.71. The number of benzene rings is 1. The molecule has 150 valence electrons. The molecule has 28 heavy (non-hydrogen) atoms. The number of para-hydroxylation sites is 1. The number of aromatic amines is 1. The van der Waals surface area contributed by atoms with E-state index in [1.807, 2.05) is 26.0 Å². The van der Waals surface area contributed by atoms with E-state index < -0.39 is 11.2 Å². The maximum Gasteiger partial charge on any atom is 0.335 e. The molecule has 8 nitrogen and oxygen atoms in total. The lowest BCUT2D eigenvalue weighted by atomic mass is 10.1. The molecule has 3 rings (SSSR count). The molecule has 8 heteroatoms. The van der Waals surface area contributed by atoms with Crippen LogP contribution in [0.4, 0.5) is 0 Å². The zero-order chi connectivity index (χ0) is 20.1. The molecule has 0 saturated carbocycles. The molecular formula is C20H27N5O3. The molecule has 0 spiro atoms. The van der Waals surface area contributed by atoms with Crippen molar-refractivity contribution < 1.29 is 5.11 Å². The van der Waals surface area contributed by atoms with Gasteiger partial charge in [0.1, 0.15) is 5.56 Å². The Labute approximate surface area is 163 Å². The first-order valence-electron chi connectivity index (χ1n) is 9.64. The number of aromatic nitrogens is 2. The largest absolute Gasteiger partial charge is 0.493 e. The summed E-state index contributed by atoms with van der Waals surface area (Å²) in [6.45, 7) is 8.92. The third-order valence-electron chi connectivity index (χ3n) is 4.99. The number of nitrogens with zero attached hydrogens (tertiary/aromatic N) is 3. The van der Waals surface area contributed by atoms with Gasteiger partial charge in [0.15, 0.2) is 0 Å². The predicted octanol–water partition coefficient (Wildman–Crippen LogP) is 0.644. The summed E-state index contributed by atoms with van der Waals surface area (Å²) in [5.74, 6) is -0.370. The quantitative estimate of drug-likeness (QED) is 0.634. The number of aromatic hydroxyl groups is 1. The van der Waals surface area contributed by atoms with Crippen molar-refractivity contribution in [1.29, 1.82) is 0 Å². The number of aryl methyl sites for hydroxylation is 1. The minimum absolute atomic E-state index is 0.0608.